The fourth-order valence-corrected chi connectivity index (χ4v) is 3.36. The van der Waals surface area contributed by atoms with E-state index in [1.54, 1.807) is 37.3 Å². The van der Waals surface area contributed by atoms with E-state index in [9.17, 15) is 19.2 Å². The second-order valence-electron chi connectivity index (χ2n) is 6.44. The number of esters is 1. The third-order valence-electron chi connectivity index (χ3n) is 4.35. The topological polar surface area (TPSA) is 111 Å². The summed E-state index contributed by atoms with van der Waals surface area (Å²) in [5, 5.41) is 2.17. The summed E-state index contributed by atoms with van der Waals surface area (Å²) in [5.74, 6) is -1.13. The van der Waals surface area contributed by atoms with Crippen molar-refractivity contribution < 1.29 is 33.4 Å². The minimum absolute atomic E-state index is 0.215. The summed E-state index contributed by atoms with van der Waals surface area (Å²) < 4.78 is 15.8. The van der Waals surface area contributed by atoms with Crippen molar-refractivity contribution in [3.8, 4) is 11.5 Å². The molecule has 0 saturated carbocycles. The van der Waals surface area contributed by atoms with Gasteiger partial charge in [-0.25, -0.2) is 14.5 Å². The first kappa shape index (κ1) is 23.0. The van der Waals surface area contributed by atoms with Gasteiger partial charge in [-0.15, -0.1) is 0 Å². The number of rotatable bonds is 7. The van der Waals surface area contributed by atoms with Crippen LogP contribution in [0.25, 0.3) is 6.08 Å². The van der Waals surface area contributed by atoms with E-state index in [2.05, 4.69) is 21.2 Å². The number of urea groups is 1. The Labute approximate surface area is 192 Å². The predicted octanol–water partition coefficient (Wildman–Crippen LogP) is 3.07. The largest absolute Gasteiger partial charge is 0.497 e. The monoisotopic (exact) mass is 502 g/mol. The van der Waals surface area contributed by atoms with Crippen molar-refractivity contribution in [3.63, 3.8) is 0 Å². The van der Waals surface area contributed by atoms with Crippen LogP contribution in [0.3, 0.4) is 0 Å². The molecule has 9 nitrogen and oxygen atoms in total. The van der Waals surface area contributed by atoms with Gasteiger partial charge >= 0.3 is 12.0 Å². The molecule has 1 N–H and O–H groups in total. The van der Waals surface area contributed by atoms with E-state index >= 15 is 0 Å². The van der Waals surface area contributed by atoms with Gasteiger partial charge in [0.25, 0.3) is 11.8 Å². The molecule has 3 rings (SSSR count). The summed E-state index contributed by atoms with van der Waals surface area (Å²) in [6.45, 7) is 1.69. The molecular weight excluding hydrogens is 484 g/mol. The summed E-state index contributed by atoms with van der Waals surface area (Å²) in [6.07, 6.45) is 1.36. The number of hydrogen-bond acceptors (Lipinski definition) is 7. The molecule has 32 heavy (non-hydrogen) atoms. The molecule has 10 heteroatoms. The maximum Gasteiger partial charge on any atom is 0.344 e. The number of nitrogens with one attached hydrogen (secondary N) is 1. The number of carbonyl (C=O) groups excluding carboxylic acids is 4. The summed E-state index contributed by atoms with van der Waals surface area (Å²) in [4.78, 5) is 49.9. The molecule has 1 heterocycles. The summed E-state index contributed by atoms with van der Waals surface area (Å²) >= 11 is 3.33. The number of nitrogens with zero attached hydrogens (tertiary/aromatic N) is 1. The number of imide groups is 2. The van der Waals surface area contributed by atoms with Crippen molar-refractivity contribution in [3.05, 3.63) is 58.1 Å². The third kappa shape index (κ3) is 5.14. The average Bonchev–Trinajstić information content (AvgIpc) is 2.76. The van der Waals surface area contributed by atoms with Crippen LogP contribution in [0.2, 0.25) is 0 Å². The molecule has 1 fully saturated rings. The first-order valence-electron chi connectivity index (χ1n) is 9.47. The second kappa shape index (κ2) is 10.1. The van der Waals surface area contributed by atoms with Crippen LogP contribution in [0.15, 0.2) is 52.5 Å². The highest BCUT2D eigenvalue weighted by atomic mass is 79.9. The van der Waals surface area contributed by atoms with Crippen molar-refractivity contribution in [2.75, 3.05) is 25.2 Å². The van der Waals surface area contributed by atoms with Gasteiger partial charge in [0.1, 0.15) is 17.1 Å². The van der Waals surface area contributed by atoms with Gasteiger partial charge in [0.05, 0.1) is 23.9 Å². The highest BCUT2D eigenvalue weighted by Crippen LogP contribution is 2.28. The van der Waals surface area contributed by atoms with Crippen molar-refractivity contribution >= 4 is 51.5 Å². The minimum Gasteiger partial charge on any atom is -0.497 e. The normalized spacial score (nSPS) is 14.9. The van der Waals surface area contributed by atoms with Crippen LogP contribution in [0.5, 0.6) is 11.5 Å². The zero-order valence-corrected chi connectivity index (χ0v) is 18.8. The Bertz CT molecular complexity index is 1100. The number of anilines is 1. The summed E-state index contributed by atoms with van der Waals surface area (Å²) in [7, 11) is 1.50. The number of carbonyl (C=O) groups is 4. The molecule has 166 valence electrons. The number of barbiturate groups is 1. The molecule has 2 aromatic rings. The maximum atomic E-state index is 13.0. The van der Waals surface area contributed by atoms with E-state index in [-0.39, 0.29) is 24.5 Å². The van der Waals surface area contributed by atoms with E-state index in [1.807, 2.05) is 0 Å². The lowest BCUT2D eigenvalue weighted by atomic mass is 10.1. The zero-order valence-electron chi connectivity index (χ0n) is 17.2. The molecule has 0 atom stereocenters. The van der Waals surface area contributed by atoms with Crippen LogP contribution in [0, 0.1) is 0 Å². The standard InChI is InChI=1S/C22H19BrN2O7/c1-3-31-19(26)12-32-18-9-4-13(11-17(18)23)10-16-20(27)24-22(29)25(21(16)28)14-5-7-15(30-2)8-6-14/h4-11H,3,12H2,1-2H3,(H,24,27,29)/b16-10+. The van der Waals surface area contributed by atoms with Gasteiger partial charge in [-0.1, -0.05) is 6.07 Å². The molecule has 2 aromatic carbocycles. The molecule has 1 saturated heterocycles. The van der Waals surface area contributed by atoms with Gasteiger partial charge in [-0.05, 0) is 70.9 Å². The first-order chi connectivity index (χ1) is 15.3. The lowest BCUT2D eigenvalue weighted by Gasteiger charge is -2.26. The van der Waals surface area contributed by atoms with Crippen LogP contribution in [0.4, 0.5) is 10.5 Å². The summed E-state index contributed by atoms with van der Waals surface area (Å²) in [6, 6.07) is 10.2. The molecule has 4 amide bonds. The first-order valence-corrected chi connectivity index (χ1v) is 10.3. The smallest absolute Gasteiger partial charge is 0.344 e. The van der Waals surface area contributed by atoms with E-state index in [0.717, 1.165) is 4.90 Å². The van der Waals surface area contributed by atoms with Crippen LogP contribution < -0.4 is 19.7 Å². The Balaban J connectivity index is 1.83. The van der Waals surface area contributed by atoms with E-state index in [0.29, 0.717) is 21.5 Å². The Morgan fingerprint density at radius 1 is 1.12 bits per heavy atom. The number of benzene rings is 2. The van der Waals surface area contributed by atoms with Gasteiger partial charge in [0, 0.05) is 0 Å². The van der Waals surface area contributed by atoms with Crippen molar-refractivity contribution in [1.29, 1.82) is 0 Å². The minimum atomic E-state index is -0.841. The van der Waals surface area contributed by atoms with E-state index < -0.39 is 23.8 Å². The van der Waals surface area contributed by atoms with Gasteiger partial charge < -0.3 is 14.2 Å². The Morgan fingerprint density at radius 3 is 2.47 bits per heavy atom. The van der Waals surface area contributed by atoms with Crippen LogP contribution in [-0.4, -0.2) is 44.1 Å². The maximum absolute atomic E-state index is 13.0. The van der Waals surface area contributed by atoms with Gasteiger partial charge in [0.15, 0.2) is 6.61 Å². The molecule has 0 spiro atoms. The number of ether oxygens (including phenoxy) is 3. The van der Waals surface area contributed by atoms with Crippen molar-refractivity contribution in [2.45, 2.75) is 6.92 Å². The van der Waals surface area contributed by atoms with E-state index in [1.165, 1.54) is 25.3 Å². The van der Waals surface area contributed by atoms with Gasteiger partial charge in [-0.3, -0.25) is 14.9 Å². The Morgan fingerprint density at radius 2 is 1.84 bits per heavy atom. The number of halogens is 1. The molecule has 1 aliphatic heterocycles. The van der Waals surface area contributed by atoms with Crippen LogP contribution >= 0.6 is 15.9 Å². The molecule has 0 unspecified atom stereocenters. The molecule has 0 aliphatic carbocycles. The van der Waals surface area contributed by atoms with Crippen molar-refractivity contribution in [1.82, 2.24) is 5.32 Å². The third-order valence-corrected chi connectivity index (χ3v) is 4.97. The molecule has 0 bridgehead atoms. The summed E-state index contributed by atoms with van der Waals surface area (Å²) in [5.41, 5.74) is 0.575. The number of hydrogen-bond donors (Lipinski definition) is 1. The van der Waals surface area contributed by atoms with Gasteiger partial charge in [-0.2, -0.15) is 0 Å². The van der Waals surface area contributed by atoms with E-state index in [4.69, 9.17) is 14.2 Å². The quantitative estimate of drug-likeness (QED) is 0.351. The molecule has 0 radical (unpaired) electrons. The van der Waals surface area contributed by atoms with Crippen molar-refractivity contribution in [2.24, 2.45) is 0 Å². The fraction of sp³-hybridized carbons (Fsp3) is 0.182. The fourth-order valence-electron chi connectivity index (χ4n) is 2.85. The highest BCUT2D eigenvalue weighted by molar-refractivity contribution is 9.10. The van der Waals surface area contributed by atoms with Crippen LogP contribution in [0.1, 0.15) is 12.5 Å². The number of methoxy groups -OCH3 is 1. The van der Waals surface area contributed by atoms with Gasteiger partial charge in [0.2, 0.25) is 0 Å². The number of amides is 4. The second-order valence-corrected chi connectivity index (χ2v) is 7.29. The average molecular weight is 503 g/mol. The predicted molar refractivity (Wildman–Crippen MR) is 118 cm³/mol. The molecule has 0 aromatic heterocycles. The zero-order chi connectivity index (χ0) is 23.3. The molecule has 1 aliphatic rings. The SMILES string of the molecule is CCOC(=O)COc1ccc(/C=C2\C(=O)NC(=O)N(c3ccc(OC)cc3)C2=O)cc1Br. The Kier molecular flexibility index (Phi) is 7.26. The lowest BCUT2D eigenvalue weighted by Crippen LogP contribution is -2.54. The highest BCUT2D eigenvalue weighted by Gasteiger charge is 2.36. The lowest BCUT2D eigenvalue weighted by molar-refractivity contribution is -0.145. The molecular formula is C22H19BrN2O7. The van der Waals surface area contributed by atoms with Crippen LogP contribution in [-0.2, 0) is 19.1 Å². The Hall–Kier alpha value is -3.66.